The van der Waals surface area contributed by atoms with E-state index in [0.717, 1.165) is 18.9 Å². The molecule has 1 aliphatic rings. The van der Waals surface area contributed by atoms with E-state index in [1.54, 1.807) is 6.33 Å². The van der Waals surface area contributed by atoms with Crippen molar-refractivity contribution in [3.63, 3.8) is 0 Å². The first kappa shape index (κ1) is 9.14. The van der Waals surface area contributed by atoms with Gasteiger partial charge in [-0.15, -0.1) is 10.2 Å². The number of rotatable bonds is 2. The van der Waals surface area contributed by atoms with Crippen LogP contribution in [0.25, 0.3) is 0 Å². The second-order valence-corrected chi connectivity index (χ2v) is 3.23. The first-order valence-corrected chi connectivity index (χ1v) is 4.45. The average Bonchev–Trinajstić information content (AvgIpc) is 2.64. The molecule has 2 heterocycles. The fourth-order valence-corrected chi connectivity index (χ4v) is 1.50. The maximum Gasteiger partial charge on any atom is 0.319 e. The number of hydrogen-bond donors (Lipinski definition) is 0. The lowest BCUT2D eigenvalue weighted by atomic mass is 10.3. The van der Waals surface area contributed by atoms with Crippen LogP contribution in [0.15, 0.2) is 6.33 Å². The topological polar surface area (TPSA) is 60.2 Å². The Labute approximate surface area is 81.5 Å². The summed E-state index contributed by atoms with van der Waals surface area (Å²) in [5, 5.41) is 7.77. The third kappa shape index (κ3) is 1.74. The van der Waals surface area contributed by atoms with Crippen LogP contribution in [-0.2, 0) is 22.6 Å². The highest BCUT2D eigenvalue weighted by atomic mass is 16.5. The van der Waals surface area contributed by atoms with Crippen molar-refractivity contribution in [2.75, 3.05) is 20.2 Å². The predicted octanol–water partition coefficient (Wildman–Crippen LogP) is -0.733. The minimum absolute atomic E-state index is 0.210. The molecule has 0 amide bonds. The monoisotopic (exact) mass is 196 g/mol. The summed E-state index contributed by atoms with van der Waals surface area (Å²) in [6.45, 7) is 2.65. The predicted molar refractivity (Wildman–Crippen MR) is 47.3 cm³/mol. The minimum Gasteiger partial charge on any atom is -0.468 e. The summed E-state index contributed by atoms with van der Waals surface area (Å²) in [4.78, 5) is 13.0. The van der Waals surface area contributed by atoms with E-state index < -0.39 is 0 Å². The number of aromatic nitrogens is 3. The van der Waals surface area contributed by atoms with Crippen LogP contribution in [0.3, 0.4) is 0 Å². The lowest BCUT2D eigenvalue weighted by Crippen LogP contribution is -2.37. The standard InChI is InChI=1S/C8H12N4O2/c1-14-8(13)5-11-2-3-12-6-9-10-7(12)4-11/h6H,2-5H2,1H3. The SMILES string of the molecule is COC(=O)CN1CCn2cnnc2C1. The lowest BCUT2D eigenvalue weighted by molar-refractivity contribution is -0.142. The zero-order valence-electron chi connectivity index (χ0n) is 8.01. The van der Waals surface area contributed by atoms with Gasteiger partial charge in [0.2, 0.25) is 0 Å². The molecule has 0 aromatic carbocycles. The molecule has 2 rings (SSSR count). The summed E-state index contributed by atoms with van der Waals surface area (Å²) in [6, 6.07) is 0. The maximum absolute atomic E-state index is 11.0. The Morgan fingerprint density at radius 3 is 3.29 bits per heavy atom. The summed E-state index contributed by atoms with van der Waals surface area (Å²) >= 11 is 0. The van der Waals surface area contributed by atoms with Crippen LogP contribution < -0.4 is 0 Å². The Hall–Kier alpha value is -1.43. The molecule has 0 aliphatic carbocycles. The van der Waals surface area contributed by atoms with Gasteiger partial charge in [0.1, 0.15) is 12.2 Å². The van der Waals surface area contributed by atoms with Crippen molar-refractivity contribution in [3.8, 4) is 0 Å². The summed E-state index contributed by atoms with van der Waals surface area (Å²) < 4.78 is 6.59. The van der Waals surface area contributed by atoms with Gasteiger partial charge in [-0.2, -0.15) is 0 Å². The number of hydrogen-bond acceptors (Lipinski definition) is 5. The van der Waals surface area contributed by atoms with Gasteiger partial charge < -0.3 is 9.30 Å². The molecule has 0 saturated carbocycles. The molecule has 0 unspecified atom stereocenters. The zero-order valence-corrected chi connectivity index (χ0v) is 8.01. The molecular formula is C8H12N4O2. The Morgan fingerprint density at radius 2 is 2.50 bits per heavy atom. The van der Waals surface area contributed by atoms with Gasteiger partial charge in [-0.25, -0.2) is 0 Å². The molecule has 0 N–H and O–H groups in total. The Kier molecular flexibility index (Phi) is 2.45. The van der Waals surface area contributed by atoms with Gasteiger partial charge in [0, 0.05) is 13.1 Å². The summed E-state index contributed by atoms with van der Waals surface area (Å²) in [7, 11) is 1.40. The smallest absolute Gasteiger partial charge is 0.319 e. The second kappa shape index (κ2) is 3.75. The molecular weight excluding hydrogens is 184 g/mol. The van der Waals surface area contributed by atoms with E-state index in [0.29, 0.717) is 13.1 Å². The summed E-state index contributed by atoms with van der Waals surface area (Å²) in [5.74, 6) is 0.693. The van der Waals surface area contributed by atoms with Crippen molar-refractivity contribution >= 4 is 5.97 Å². The average molecular weight is 196 g/mol. The van der Waals surface area contributed by atoms with E-state index in [2.05, 4.69) is 14.9 Å². The molecule has 1 aromatic heterocycles. The molecule has 0 atom stereocenters. The van der Waals surface area contributed by atoms with Crippen LogP contribution in [0.2, 0.25) is 0 Å². The van der Waals surface area contributed by atoms with Gasteiger partial charge in [0.15, 0.2) is 0 Å². The van der Waals surface area contributed by atoms with Gasteiger partial charge in [0.05, 0.1) is 20.2 Å². The summed E-state index contributed by atoms with van der Waals surface area (Å²) in [5.41, 5.74) is 0. The fourth-order valence-electron chi connectivity index (χ4n) is 1.50. The van der Waals surface area contributed by atoms with Gasteiger partial charge in [-0.05, 0) is 0 Å². The van der Waals surface area contributed by atoms with Crippen LogP contribution in [0, 0.1) is 0 Å². The van der Waals surface area contributed by atoms with Crippen molar-refractivity contribution in [1.29, 1.82) is 0 Å². The number of esters is 1. The minimum atomic E-state index is -0.210. The van der Waals surface area contributed by atoms with Crippen molar-refractivity contribution in [1.82, 2.24) is 19.7 Å². The molecule has 6 nitrogen and oxygen atoms in total. The van der Waals surface area contributed by atoms with Crippen molar-refractivity contribution < 1.29 is 9.53 Å². The third-order valence-corrected chi connectivity index (χ3v) is 2.30. The number of methoxy groups -OCH3 is 1. The molecule has 0 radical (unpaired) electrons. The Bertz CT molecular complexity index is 336. The lowest BCUT2D eigenvalue weighted by Gasteiger charge is -2.25. The van der Waals surface area contributed by atoms with Crippen molar-refractivity contribution in [2.24, 2.45) is 0 Å². The first-order valence-electron chi connectivity index (χ1n) is 4.45. The van der Waals surface area contributed by atoms with Gasteiger partial charge in [-0.1, -0.05) is 0 Å². The van der Waals surface area contributed by atoms with Crippen LogP contribution in [0.1, 0.15) is 5.82 Å². The fraction of sp³-hybridized carbons (Fsp3) is 0.625. The number of fused-ring (bicyclic) bond motifs is 1. The quantitative estimate of drug-likeness (QED) is 0.583. The van der Waals surface area contributed by atoms with Crippen LogP contribution in [0.5, 0.6) is 0 Å². The molecule has 14 heavy (non-hydrogen) atoms. The molecule has 0 bridgehead atoms. The normalized spacial score (nSPS) is 16.4. The highest BCUT2D eigenvalue weighted by Gasteiger charge is 2.19. The van der Waals surface area contributed by atoms with Gasteiger partial charge >= 0.3 is 5.97 Å². The number of ether oxygens (including phenoxy) is 1. The number of nitrogens with zero attached hydrogens (tertiary/aromatic N) is 4. The Morgan fingerprint density at radius 1 is 1.64 bits per heavy atom. The second-order valence-electron chi connectivity index (χ2n) is 3.23. The number of carbonyl (C=O) groups is 1. The van der Waals surface area contributed by atoms with E-state index in [1.165, 1.54) is 7.11 Å². The van der Waals surface area contributed by atoms with E-state index in [4.69, 9.17) is 0 Å². The van der Waals surface area contributed by atoms with Gasteiger partial charge in [-0.3, -0.25) is 9.69 Å². The first-order chi connectivity index (χ1) is 6.79. The van der Waals surface area contributed by atoms with Crippen molar-refractivity contribution in [3.05, 3.63) is 12.2 Å². The Balaban J connectivity index is 1.97. The van der Waals surface area contributed by atoms with E-state index in [1.807, 2.05) is 9.47 Å². The molecule has 1 aliphatic heterocycles. The van der Waals surface area contributed by atoms with Crippen LogP contribution in [0.4, 0.5) is 0 Å². The molecule has 0 fully saturated rings. The number of carbonyl (C=O) groups excluding carboxylic acids is 1. The molecule has 0 spiro atoms. The van der Waals surface area contributed by atoms with Crippen molar-refractivity contribution in [2.45, 2.75) is 13.1 Å². The van der Waals surface area contributed by atoms with Crippen LogP contribution in [-0.4, -0.2) is 45.8 Å². The highest BCUT2D eigenvalue weighted by Crippen LogP contribution is 2.08. The molecule has 76 valence electrons. The molecule has 6 heteroatoms. The van der Waals surface area contributed by atoms with E-state index >= 15 is 0 Å². The molecule has 1 aromatic rings. The van der Waals surface area contributed by atoms with E-state index in [9.17, 15) is 4.79 Å². The van der Waals surface area contributed by atoms with Crippen LogP contribution >= 0.6 is 0 Å². The summed E-state index contributed by atoms with van der Waals surface area (Å²) in [6.07, 6.45) is 1.71. The highest BCUT2D eigenvalue weighted by molar-refractivity contribution is 5.71. The zero-order chi connectivity index (χ0) is 9.97. The van der Waals surface area contributed by atoms with Gasteiger partial charge in [0.25, 0.3) is 0 Å². The molecule has 0 saturated heterocycles. The maximum atomic E-state index is 11.0. The van der Waals surface area contributed by atoms with E-state index in [-0.39, 0.29) is 5.97 Å². The third-order valence-electron chi connectivity index (χ3n) is 2.30. The largest absolute Gasteiger partial charge is 0.468 e.